The molecule has 4 rings (SSSR count). The van der Waals surface area contributed by atoms with E-state index in [9.17, 15) is 9.59 Å². The lowest BCUT2D eigenvalue weighted by molar-refractivity contribution is -0.113. The maximum Gasteiger partial charge on any atom is 0.270 e. The number of unbranched alkanes of at least 4 members (excludes halogenated alkanes) is 2. The van der Waals surface area contributed by atoms with Crippen molar-refractivity contribution in [2.75, 3.05) is 24.3 Å². The van der Waals surface area contributed by atoms with E-state index in [4.69, 9.17) is 9.47 Å². The van der Waals surface area contributed by atoms with E-state index in [1.807, 2.05) is 28.9 Å². The number of H-pyrrole nitrogens is 1. The zero-order valence-corrected chi connectivity index (χ0v) is 19.9. The van der Waals surface area contributed by atoms with Gasteiger partial charge in [0.2, 0.25) is 5.91 Å². The first-order valence-electron chi connectivity index (χ1n) is 11.5. The topological polar surface area (TPSA) is 85.4 Å². The van der Waals surface area contributed by atoms with Crippen molar-refractivity contribution < 1.29 is 14.3 Å². The molecule has 1 amide bonds. The van der Waals surface area contributed by atoms with Gasteiger partial charge in [-0.2, -0.15) is 0 Å². The molecule has 0 unspecified atom stereocenters. The van der Waals surface area contributed by atoms with Gasteiger partial charge < -0.3 is 14.8 Å². The Labute approximate surface area is 193 Å². The monoisotopic (exact) mass is 459 g/mol. The molecule has 0 spiro atoms. The highest BCUT2D eigenvalue weighted by Crippen LogP contribution is 2.42. The molecule has 2 aliphatic rings. The first-order chi connectivity index (χ1) is 15.4. The van der Waals surface area contributed by atoms with Crippen LogP contribution in [0.15, 0.2) is 29.1 Å². The Bertz CT molecular complexity index is 996. The summed E-state index contributed by atoms with van der Waals surface area (Å²) in [6.07, 6.45) is 4.92. The summed E-state index contributed by atoms with van der Waals surface area (Å²) in [5.41, 5.74) is 1.18. The van der Waals surface area contributed by atoms with Crippen molar-refractivity contribution >= 4 is 23.5 Å². The van der Waals surface area contributed by atoms with Crippen LogP contribution in [0.4, 0.5) is 5.82 Å². The Morgan fingerprint density at radius 3 is 2.72 bits per heavy atom. The van der Waals surface area contributed by atoms with Gasteiger partial charge >= 0.3 is 0 Å². The molecule has 3 heterocycles. The summed E-state index contributed by atoms with van der Waals surface area (Å²) >= 11 is 1.48. The number of fused-ring (bicyclic) bond motifs is 1. The zero-order valence-electron chi connectivity index (χ0n) is 19.1. The van der Waals surface area contributed by atoms with E-state index in [-0.39, 0.29) is 28.4 Å². The number of thioether (sulfide) groups is 1. The molecule has 2 aromatic rings. The third-order valence-electron chi connectivity index (χ3n) is 6.10. The largest absolute Gasteiger partial charge is 0.494 e. The van der Waals surface area contributed by atoms with Gasteiger partial charge in [-0.1, -0.05) is 31.9 Å². The molecule has 0 saturated carbocycles. The van der Waals surface area contributed by atoms with Gasteiger partial charge in [0.15, 0.2) is 0 Å². The average molecular weight is 460 g/mol. The fourth-order valence-electron chi connectivity index (χ4n) is 4.48. The summed E-state index contributed by atoms with van der Waals surface area (Å²) in [6.45, 7) is 7.62. The number of anilines is 1. The van der Waals surface area contributed by atoms with Crippen molar-refractivity contribution in [2.45, 2.75) is 69.8 Å². The number of aromatic nitrogens is 2. The minimum Gasteiger partial charge on any atom is -0.494 e. The minimum absolute atomic E-state index is 0.0677. The number of carbonyl (C=O) groups excluding carboxylic acids is 1. The number of hydrogen-bond donors (Lipinski definition) is 2. The van der Waals surface area contributed by atoms with Gasteiger partial charge in [-0.05, 0) is 50.8 Å². The summed E-state index contributed by atoms with van der Waals surface area (Å²) < 4.78 is 13.5. The van der Waals surface area contributed by atoms with E-state index in [2.05, 4.69) is 31.2 Å². The van der Waals surface area contributed by atoms with Crippen molar-refractivity contribution in [1.82, 2.24) is 9.78 Å². The number of benzene rings is 1. The number of carbonyl (C=O) groups is 1. The smallest absolute Gasteiger partial charge is 0.270 e. The third-order valence-corrected chi connectivity index (χ3v) is 7.37. The van der Waals surface area contributed by atoms with Crippen molar-refractivity contribution in [3.05, 3.63) is 45.7 Å². The highest BCUT2D eigenvalue weighted by molar-refractivity contribution is 8.00. The summed E-state index contributed by atoms with van der Waals surface area (Å²) in [4.78, 5) is 25.6. The SMILES string of the molecule is CCCCCOc1ccc([C@@H]2SCC(=O)Nc3c2c(=O)[nH]n3[C@@H]2CCOC(C)(C)C2)cc1. The van der Waals surface area contributed by atoms with Gasteiger partial charge in [-0.3, -0.25) is 19.4 Å². The molecule has 32 heavy (non-hydrogen) atoms. The third kappa shape index (κ3) is 5.07. The molecule has 1 saturated heterocycles. The van der Waals surface area contributed by atoms with Crippen LogP contribution in [0, 0.1) is 0 Å². The predicted molar refractivity (Wildman–Crippen MR) is 128 cm³/mol. The second kappa shape index (κ2) is 9.75. The van der Waals surface area contributed by atoms with E-state index < -0.39 is 0 Å². The van der Waals surface area contributed by atoms with E-state index >= 15 is 0 Å². The van der Waals surface area contributed by atoms with Crippen LogP contribution in [-0.2, 0) is 9.53 Å². The average Bonchev–Trinajstić information content (AvgIpc) is 2.96. The number of ether oxygens (including phenoxy) is 2. The molecule has 1 fully saturated rings. The second-order valence-corrected chi connectivity index (χ2v) is 10.3. The molecule has 8 heteroatoms. The van der Waals surface area contributed by atoms with Crippen molar-refractivity contribution in [3.8, 4) is 5.75 Å². The fraction of sp³-hybridized carbons (Fsp3) is 0.583. The molecular weight excluding hydrogens is 426 g/mol. The van der Waals surface area contributed by atoms with Gasteiger partial charge in [0.25, 0.3) is 5.56 Å². The van der Waals surface area contributed by atoms with Gasteiger partial charge in [-0.15, -0.1) is 11.8 Å². The highest BCUT2D eigenvalue weighted by Gasteiger charge is 2.36. The molecule has 0 radical (unpaired) electrons. The molecule has 2 atom stereocenters. The Balaban J connectivity index is 1.62. The summed E-state index contributed by atoms with van der Waals surface area (Å²) in [7, 11) is 0. The Hall–Kier alpha value is -2.19. The first-order valence-corrected chi connectivity index (χ1v) is 12.6. The number of hydrogen-bond acceptors (Lipinski definition) is 5. The number of aromatic amines is 1. The van der Waals surface area contributed by atoms with Crippen molar-refractivity contribution in [3.63, 3.8) is 0 Å². The van der Waals surface area contributed by atoms with E-state index in [1.165, 1.54) is 11.8 Å². The predicted octanol–water partition coefficient (Wildman–Crippen LogP) is 4.65. The highest BCUT2D eigenvalue weighted by atomic mass is 32.2. The molecule has 2 aliphatic heterocycles. The lowest BCUT2D eigenvalue weighted by Gasteiger charge is -2.36. The molecule has 0 bridgehead atoms. The van der Waals surface area contributed by atoms with Crippen LogP contribution < -0.4 is 15.6 Å². The normalized spacial score (nSPS) is 22.7. The maximum atomic E-state index is 13.1. The summed E-state index contributed by atoms with van der Waals surface area (Å²) in [5.74, 6) is 1.63. The standard InChI is InChI=1S/C24H33N3O4S/c1-4-5-6-12-30-18-9-7-16(8-10-18)21-20-22(25-19(28)15-32-21)27(26-23(20)29)17-11-13-31-24(2,3)14-17/h7-10,17,21H,4-6,11-15H2,1-3H3,(H,25,28)(H,26,29)/t17-,21+/m1/s1. The maximum absolute atomic E-state index is 13.1. The number of nitrogens with one attached hydrogen (secondary N) is 2. The summed E-state index contributed by atoms with van der Waals surface area (Å²) in [6, 6.07) is 7.97. The Kier molecular flexibility index (Phi) is 7.00. The van der Waals surface area contributed by atoms with Crippen LogP contribution in [-0.4, -0.2) is 40.3 Å². The molecule has 1 aromatic carbocycles. The Morgan fingerprint density at radius 1 is 1.22 bits per heavy atom. The number of nitrogens with zero attached hydrogens (tertiary/aromatic N) is 1. The number of amides is 1. The van der Waals surface area contributed by atoms with Crippen molar-refractivity contribution in [2.24, 2.45) is 0 Å². The quantitative estimate of drug-likeness (QED) is 0.589. The van der Waals surface area contributed by atoms with Crippen LogP contribution >= 0.6 is 11.8 Å². The zero-order chi connectivity index (χ0) is 22.7. The van der Waals surface area contributed by atoms with E-state index in [0.29, 0.717) is 30.3 Å². The molecule has 1 aromatic heterocycles. The van der Waals surface area contributed by atoms with Crippen LogP contribution in [0.2, 0.25) is 0 Å². The van der Waals surface area contributed by atoms with Gasteiger partial charge in [0, 0.05) is 6.61 Å². The van der Waals surface area contributed by atoms with Gasteiger partial charge in [0.1, 0.15) is 11.6 Å². The lowest BCUT2D eigenvalue weighted by Crippen LogP contribution is -2.36. The van der Waals surface area contributed by atoms with Gasteiger partial charge in [0.05, 0.1) is 34.8 Å². The van der Waals surface area contributed by atoms with Crippen LogP contribution in [0.1, 0.15) is 75.3 Å². The number of rotatable bonds is 7. The molecule has 7 nitrogen and oxygen atoms in total. The fourth-order valence-corrected chi connectivity index (χ4v) is 5.61. The van der Waals surface area contributed by atoms with Gasteiger partial charge in [-0.25, -0.2) is 0 Å². The van der Waals surface area contributed by atoms with E-state index in [0.717, 1.165) is 43.4 Å². The second-order valence-electron chi connectivity index (χ2n) is 9.19. The molecule has 0 aliphatic carbocycles. The van der Waals surface area contributed by atoms with Crippen LogP contribution in [0.3, 0.4) is 0 Å². The Morgan fingerprint density at radius 2 is 2.00 bits per heavy atom. The van der Waals surface area contributed by atoms with E-state index in [1.54, 1.807) is 0 Å². The lowest BCUT2D eigenvalue weighted by atomic mass is 9.94. The van der Waals surface area contributed by atoms with Crippen LogP contribution in [0.25, 0.3) is 0 Å². The van der Waals surface area contributed by atoms with Crippen molar-refractivity contribution in [1.29, 1.82) is 0 Å². The first kappa shape index (κ1) is 23.0. The minimum atomic E-state index is -0.271. The molecule has 174 valence electrons. The molecule has 2 N–H and O–H groups in total. The van der Waals surface area contributed by atoms with Crippen LogP contribution in [0.5, 0.6) is 5.75 Å². The summed E-state index contributed by atoms with van der Waals surface area (Å²) in [5, 5.41) is 5.78. The molecular formula is C24H33N3O4S.